The van der Waals surface area contributed by atoms with Gasteiger partial charge in [-0.1, -0.05) is 24.3 Å². The molecule has 0 aliphatic rings. The first-order chi connectivity index (χ1) is 13.7. The van der Waals surface area contributed by atoms with Gasteiger partial charge in [0, 0.05) is 23.5 Å². The lowest BCUT2D eigenvalue weighted by molar-refractivity contribution is -0.115. The van der Waals surface area contributed by atoms with Gasteiger partial charge in [-0.3, -0.25) is 9.59 Å². The number of hydrogen-bond donors (Lipinski definition) is 2. The predicted molar refractivity (Wildman–Crippen MR) is 109 cm³/mol. The van der Waals surface area contributed by atoms with Crippen LogP contribution in [0.15, 0.2) is 77.4 Å². The highest BCUT2D eigenvalue weighted by atomic mass is 16.3. The maximum absolute atomic E-state index is 12.9. The van der Waals surface area contributed by atoms with Crippen molar-refractivity contribution in [3.63, 3.8) is 0 Å². The SMILES string of the molecule is CCN(C(=O)c1cccc(NC(=O)CNCc2ccco2)c1)c1ccccc1. The summed E-state index contributed by atoms with van der Waals surface area (Å²) in [7, 11) is 0. The molecule has 0 spiro atoms. The van der Waals surface area contributed by atoms with Crippen LogP contribution < -0.4 is 15.5 Å². The second-order valence-corrected chi connectivity index (χ2v) is 6.20. The second kappa shape index (κ2) is 9.53. The zero-order valence-corrected chi connectivity index (χ0v) is 15.7. The van der Waals surface area contributed by atoms with Gasteiger partial charge >= 0.3 is 0 Å². The maximum atomic E-state index is 12.9. The van der Waals surface area contributed by atoms with Gasteiger partial charge in [0.2, 0.25) is 5.91 Å². The van der Waals surface area contributed by atoms with Crippen molar-refractivity contribution in [3.8, 4) is 0 Å². The summed E-state index contributed by atoms with van der Waals surface area (Å²) >= 11 is 0. The first-order valence-electron chi connectivity index (χ1n) is 9.17. The van der Waals surface area contributed by atoms with Crippen LogP contribution in [0.25, 0.3) is 0 Å². The van der Waals surface area contributed by atoms with Crippen LogP contribution in [0.1, 0.15) is 23.0 Å². The lowest BCUT2D eigenvalue weighted by atomic mass is 10.1. The number of rotatable bonds is 8. The molecule has 0 unspecified atom stereocenters. The Labute approximate surface area is 164 Å². The smallest absolute Gasteiger partial charge is 0.258 e. The van der Waals surface area contributed by atoms with Crippen LogP contribution in [-0.4, -0.2) is 24.9 Å². The summed E-state index contributed by atoms with van der Waals surface area (Å²) in [4.78, 5) is 26.7. The number of amides is 2. The molecule has 0 aliphatic heterocycles. The number of benzene rings is 2. The predicted octanol–water partition coefficient (Wildman–Crippen LogP) is 3.67. The topological polar surface area (TPSA) is 74.6 Å². The molecule has 28 heavy (non-hydrogen) atoms. The van der Waals surface area contributed by atoms with Crippen LogP contribution in [0.3, 0.4) is 0 Å². The van der Waals surface area contributed by atoms with Gasteiger partial charge in [0.25, 0.3) is 5.91 Å². The van der Waals surface area contributed by atoms with Gasteiger partial charge in [-0.2, -0.15) is 0 Å². The zero-order chi connectivity index (χ0) is 19.8. The Morgan fingerprint density at radius 1 is 1.00 bits per heavy atom. The Balaban J connectivity index is 1.61. The molecule has 6 nitrogen and oxygen atoms in total. The van der Waals surface area contributed by atoms with Crippen molar-refractivity contribution < 1.29 is 14.0 Å². The highest BCUT2D eigenvalue weighted by Gasteiger charge is 2.16. The van der Waals surface area contributed by atoms with Crippen molar-refractivity contribution in [3.05, 3.63) is 84.3 Å². The van der Waals surface area contributed by atoms with Crippen molar-refractivity contribution in [2.75, 3.05) is 23.3 Å². The second-order valence-electron chi connectivity index (χ2n) is 6.20. The van der Waals surface area contributed by atoms with E-state index in [1.165, 1.54) is 0 Å². The van der Waals surface area contributed by atoms with Crippen LogP contribution in [0, 0.1) is 0 Å². The fourth-order valence-electron chi connectivity index (χ4n) is 2.85. The first kappa shape index (κ1) is 19.4. The fourth-order valence-corrected chi connectivity index (χ4v) is 2.85. The number of carbonyl (C=O) groups excluding carboxylic acids is 2. The average molecular weight is 377 g/mol. The molecular weight excluding hydrogens is 354 g/mol. The standard InChI is InChI=1S/C22H23N3O3/c1-2-25(19-10-4-3-5-11-19)22(27)17-8-6-9-18(14-17)24-21(26)16-23-15-20-12-7-13-28-20/h3-14,23H,2,15-16H2,1H3,(H,24,26). The van der Waals surface area contributed by atoms with E-state index in [0.29, 0.717) is 24.3 Å². The van der Waals surface area contributed by atoms with Crippen molar-refractivity contribution in [2.45, 2.75) is 13.5 Å². The van der Waals surface area contributed by atoms with Crippen molar-refractivity contribution in [1.29, 1.82) is 0 Å². The Kier molecular flexibility index (Phi) is 6.59. The Morgan fingerprint density at radius 3 is 2.54 bits per heavy atom. The lowest BCUT2D eigenvalue weighted by Crippen LogP contribution is -2.31. The van der Waals surface area contributed by atoms with E-state index >= 15 is 0 Å². The summed E-state index contributed by atoms with van der Waals surface area (Å²) in [6.45, 7) is 3.10. The monoisotopic (exact) mass is 377 g/mol. The molecule has 0 saturated carbocycles. The highest BCUT2D eigenvalue weighted by molar-refractivity contribution is 6.07. The third kappa shape index (κ3) is 5.08. The molecule has 1 heterocycles. The summed E-state index contributed by atoms with van der Waals surface area (Å²) in [6, 6.07) is 20.1. The van der Waals surface area contributed by atoms with Gasteiger partial charge < -0.3 is 20.0 Å². The summed E-state index contributed by atoms with van der Waals surface area (Å²) in [6.07, 6.45) is 1.59. The van der Waals surface area contributed by atoms with Crippen LogP contribution in [0.2, 0.25) is 0 Å². The quantitative estimate of drug-likeness (QED) is 0.628. The number of hydrogen-bond acceptors (Lipinski definition) is 4. The summed E-state index contributed by atoms with van der Waals surface area (Å²) in [5.41, 5.74) is 1.94. The Morgan fingerprint density at radius 2 is 1.82 bits per heavy atom. The molecule has 2 N–H and O–H groups in total. The number of anilines is 2. The normalized spacial score (nSPS) is 10.5. The Hall–Kier alpha value is -3.38. The highest BCUT2D eigenvalue weighted by Crippen LogP contribution is 2.18. The van der Waals surface area contributed by atoms with Crippen molar-refractivity contribution in [1.82, 2.24) is 5.32 Å². The number of nitrogens with zero attached hydrogens (tertiary/aromatic N) is 1. The maximum Gasteiger partial charge on any atom is 0.258 e. The average Bonchev–Trinajstić information content (AvgIpc) is 3.23. The van der Waals surface area contributed by atoms with Crippen molar-refractivity contribution >= 4 is 23.2 Å². The van der Waals surface area contributed by atoms with Gasteiger partial charge in [-0.15, -0.1) is 0 Å². The van der Waals surface area contributed by atoms with E-state index in [1.807, 2.05) is 43.3 Å². The molecule has 1 aromatic heterocycles. The minimum atomic E-state index is -0.188. The summed E-state index contributed by atoms with van der Waals surface area (Å²) in [5, 5.41) is 5.82. The summed E-state index contributed by atoms with van der Waals surface area (Å²) in [5.74, 6) is 0.466. The van der Waals surface area contributed by atoms with E-state index < -0.39 is 0 Å². The van der Waals surface area contributed by atoms with E-state index in [-0.39, 0.29) is 18.4 Å². The largest absolute Gasteiger partial charge is 0.468 e. The number of nitrogens with one attached hydrogen (secondary N) is 2. The molecule has 2 aromatic carbocycles. The van der Waals surface area contributed by atoms with Gasteiger partial charge in [0.1, 0.15) is 5.76 Å². The molecule has 0 atom stereocenters. The molecule has 3 aromatic rings. The molecule has 6 heteroatoms. The minimum absolute atomic E-state index is 0.110. The number of carbonyl (C=O) groups is 2. The molecule has 0 bridgehead atoms. The molecule has 0 radical (unpaired) electrons. The Bertz CT molecular complexity index is 908. The number of furan rings is 1. The molecule has 3 rings (SSSR count). The number of para-hydroxylation sites is 1. The van der Waals surface area contributed by atoms with E-state index in [0.717, 1.165) is 11.4 Å². The lowest BCUT2D eigenvalue weighted by Gasteiger charge is -2.21. The summed E-state index contributed by atoms with van der Waals surface area (Å²) < 4.78 is 5.21. The molecule has 0 saturated heterocycles. The molecule has 2 amide bonds. The van der Waals surface area contributed by atoms with Gasteiger partial charge in [0.15, 0.2) is 0 Å². The van der Waals surface area contributed by atoms with Crippen LogP contribution in [0.4, 0.5) is 11.4 Å². The van der Waals surface area contributed by atoms with Crippen LogP contribution >= 0.6 is 0 Å². The van der Waals surface area contributed by atoms with E-state index in [9.17, 15) is 9.59 Å². The van der Waals surface area contributed by atoms with E-state index in [2.05, 4.69) is 10.6 Å². The van der Waals surface area contributed by atoms with Crippen LogP contribution in [-0.2, 0) is 11.3 Å². The zero-order valence-electron chi connectivity index (χ0n) is 15.7. The van der Waals surface area contributed by atoms with Gasteiger partial charge in [-0.05, 0) is 49.4 Å². The third-order valence-electron chi connectivity index (χ3n) is 4.19. The molecular formula is C22H23N3O3. The molecule has 0 aliphatic carbocycles. The van der Waals surface area contributed by atoms with E-state index in [4.69, 9.17) is 4.42 Å². The van der Waals surface area contributed by atoms with Gasteiger partial charge in [0.05, 0.1) is 19.4 Å². The van der Waals surface area contributed by atoms with E-state index in [1.54, 1.807) is 41.5 Å². The fraction of sp³-hybridized carbons (Fsp3) is 0.182. The van der Waals surface area contributed by atoms with Crippen molar-refractivity contribution in [2.24, 2.45) is 0 Å². The van der Waals surface area contributed by atoms with Gasteiger partial charge in [-0.25, -0.2) is 0 Å². The minimum Gasteiger partial charge on any atom is -0.468 e. The molecule has 0 fully saturated rings. The third-order valence-corrected chi connectivity index (χ3v) is 4.19. The molecule has 144 valence electrons. The van der Waals surface area contributed by atoms with Crippen LogP contribution in [0.5, 0.6) is 0 Å². The first-order valence-corrected chi connectivity index (χ1v) is 9.17.